The van der Waals surface area contributed by atoms with Crippen LogP contribution in [0.2, 0.25) is 0 Å². The highest BCUT2D eigenvalue weighted by molar-refractivity contribution is 7.89. The Morgan fingerprint density at radius 3 is 2.33 bits per heavy atom. The highest BCUT2D eigenvalue weighted by Crippen LogP contribution is 2.28. The molecule has 11 nitrogen and oxygen atoms in total. The topological polar surface area (TPSA) is 133 Å². The minimum Gasteiger partial charge on any atom is -0.354 e. The molecule has 1 fully saturated rings. The molecule has 1 N–H and O–H groups in total. The number of carbonyl (C=O) groups excluding carboxylic acids is 1. The lowest BCUT2D eigenvalue weighted by Gasteiger charge is -2.35. The molecule has 0 bridgehead atoms. The maximum atomic E-state index is 13.1. The molecule has 4 rings (SSSR count). The lowest BCUT2D eigenvalue weighted by Crippen LogP contribution is -2.51. The van der Waals surface area contributed by atoms with E-state index in [4.69, 9.17) is 0 Å². The van der Waals surface area contributed by atoms with Gasteiger partial charge in [0.1, 0.15) is 17.3 Å². The van der Waals surface area contributed by atoms with Crippen LogP contribution in [-0.4, -0.2) is 87.3 Å². The monoisotopic (exact) mass is 603 g/mol. The Kier molecular flexibility index (Phi) is 10.0. The molecule has 0 radical (unpaired) electrons. The number of nitrogens with zero attached hydrogens (tertiary/aromatic N) is 7. The molecule has 15 heteroatoms. The first-order chi connectivity index (χ1) is 20.0. The number of hydrogen-bond donors (Lipinski definition) is 1. The zero-order chi connectivity index (χ0) is 30.2. The maximum Gasteiger partial charge on any atom is 0.417 e. The van der Waals surface area contributed by atoms with E-state index in [1.165, 1.54) is 16.6 Å². The average Bonchev–Trinajstić information content (AvgIpc) is 2.99. The van der Waals surface area contributed by atoms with Crippen molar-refractivity contribution in [3.63, 3.8) is 0 Å². The quantitative estimate of drug-likeness (QED) is 0.161. The molecule has 1 aliphatic heterocycles. The van der Waals surface area contributed by atoms with E-state index in [-0.39, 0.29) is 31.6 Å². The molecule has 3 aromatic heterocycles. The molecule has 0 aromatic carbocycles. The van der Waals surface area contributed by atoms with Crippen molar-refractivity contribution < 1.29 is 31.6 Å². The predicted molar refractivity (Wildman–Crippen MR) is 145 cm³/mol. The zero-order valence-corrected chi connectivity index (χ0v) is 23.2. The van der Waals surface area contributed by atoms with E-state index in [9.17, 15) is 31.6 Å². The fourth-order valence-electron chi connectivity index (χ4n) is 4.30. The molecule has 1 unspecified atom stereocenters. The first kappa shape index (κ1) is 30.8. The molecule has 222 valence electrons. The van der Waals surface area contributed by atoms with Gasteiger partial charge in [0.15, 0.2) is 0 Å². The second-order valence-electron chi connectivity index (χ2n) is 9.45. The molecular weight excluding hydrogens is 575 g/mol. The minimum absolute atomic E-state index is 0.189. The van der Waals surface area contributed by atoms with E-state index in [2.05, 4.69) is 31.8 Å². The van der Waals surface area contributed by atoms with E-state index in [1.807, 2.05) is 4.90 Å². The van der Waals surface area contributed by atoms with E-state index in [1.54, 1.807) is 30.6 Å². The zero-order valence-electron chi connectivity index (χ0n) is 22.4. The lowest BCUT2D eigenvalue weighted by atomic mass is 10.1. The fraction of sp³-hybridized carbons (Fsp3) is 0.370. The average molecular weight is 604 g/mol. The highest BCUT2D eigenvalue weighted by Gasteiger charge is 2.32. The molecule has 1 saturated heterocycles. The first-order valence-corrected chi connectivity index (χ1v) is 14.6. The summed E-state index contributed by atoms with van der Waals surface area (Å²) in [7, 11) is -3.78. The van der Waals surface area contributed by atoms with E-state index < -0.39 is 33.6 Å². The van der Waals surface area contributed by atoms with Crippen LogP contribution in [0.25, 0.3) is 0 Å². The van der Waals surface area contributed by atoms with Crippen molar-refractivity contribution >= 4 is 22.3 Å². The molecule has 0 spiro atoms. The number of pyridine rings is 2. The van der Waals surface area contributed by atoms with Gasteiger partial charge in [0.2, 0.25) is 16.4 Å². The SMILES string of the molecule is O=CN(O)C(CCCc1ncccn1)CS(=O)(=O)N1CCN(c2ccc(C#Cc3ccc(C(F)(F)F)cn3)cn2)CC1. The number of aromatic nitrogens is 4. The number of rotatable bonds is 10. The number of halogens is 3. The summed E-state index contributed by atoms with van der Waals surface area (Å²) in [6, 6.07) is 6.33. The van der Waals surface area contributed by atoms with Gasteiger partial charge in [0, 0.05) is 63.0 Å². The van der Waals surface area contributed by atoms with Gasteiger partial charge in [-0.3, -0.25) is 10.0 Å². The molecule has 42 heavy (non-hydrogen) atoms. The molecule has 3 aromatic rings. The second-order valence-corrected chi connectivity index (χ2v) is 11.5. The Morgan fingerprint density at radius 2 is 1.74 bits per heavy atom. The molecule has 0 aliphatic carbocycles. The molecule has 1 atom stereocenters. The molecule has 4 heterocycles. The summed E-state index contributed by atoms with van der Waals surface area (Å²) in [6.07, 6.45) is 2.42. The number of anilines is 1. The van der Waals surface area contributed by atoms with Crippen molar-refractivity contribution in [3.05, 3.63) is 77.8 Å². The third-order valence-electron chi connectivity index (χ3n) is 6.57. The van der Waals surface area contributed by atoms with E-state index in [0.717, 1.165) is 12.3 Å². The summed E-state index contributed by atoms with van der Waals surface area (Å²) in [6.45, 7) is 1.14. The molecular formula is C27H28F3N7O4S. The Bertz CT molecular complexity index is 1490. The Morgan fingerprint density at radius 1 is 1.00 bits per heavy atom. The number of piperazine rings is 1. The van der Waals surface area contributed by atoms with Gasteiger partial charge in [-0.25, -0.2) is 33.4 Å². The minimum atomic E-state index is -4.47. The van der Waals surface area contributed by atoms with Crippen molar-refractivity contribution in [1.82, 2.24) is 29.3 Å². The third kappa shape index (κ3) is 8.44. The number of alkyl halides is 3. The van der Waals surface area contributed by atoms with Crippen molar-refractivity contribution in [2.75, 3.05) is 36.8 Å². The van der Waals surface area contributed by atoms with Crippen LogP contribution in [0.4, 0.5) is 19.0 Å². The third-order valence-corrected chi connectivity index (χ3v) is 8.53. The smallest absolute Gasteiger partial charge is 0.354 e. The predicted octanol–water partition coefficient (Wildman–Crippen LogP) is 2.38. The fourth-order valence-corrected chi connectivity index (χ4v) is 6.03. The number of aryl methyl sites for hydroxylation is 1. The Hall–Kier alpha value is -4.13. The summed E-state index contributed by atoms with van der Waals surface area (Å²) in [5, 5.41) is 10.4. The number of carbonyl (C=O) groups is 1. The van der Waals surface area contributed by atoms with Gasteiger partial charge >= 0.3 is 6.18 Å². The van der Waals surface area contributed by atoms with Gasteiger partial charge in [0.25, 0.3) is 0 Å². The van der Waals surface area contributed by atoms with Crippen molar-refractivity contribution in [2.24, 2.45) is 0 Å². The van der Waals surface area contributed by atoms with Crippen molar-refractivity contribution in [2.45, 2.75) is 31.5 Å². The molecule has 1 amide bonds. The van der Waals surface area contributed by atoms with Crippen molar-refractivity contribution in [3.8, 4) is 11.8 Å². The van der Waals surface area contributed by atoms with Gasteiger partial charge in [-0.15, -0.1) is 0 Å². The number of sulfonamides is 1. The summed E-state index contributed by atoms with van der Waals surface area (Å²) in [5.41, 5.74) is -0.123. The van der Waals surface area contributed by atoms with E-state index in [0.29, 0.717) is 48.2 Å². The van der Waals surface area contributed by atoms with Crippen molar-refractivity contribution in [1.29, 1.82) is 0 Å². The van der Waals surface area contributed by atoms with Crippen LogP contribution in [0.5, 0.6) is 0 Å². The Balaban J connectivity index is 1.30. The van der Waals surface area contributed by atoms with Gasteiger partial charge in [0.05, 0.1) is 17.4 Å². The Labute approximate surface area is 241 Å². The summed E-state index contributed by atoms with van der Waals surface area (Å²) in [5.74, 6) is 6.31. The van der Waals surface area contributed by atoms with Gasteiger partial charge in [-0.2, -0.15) is 17.5 Å². The summed E-state index contributed by atoms with van der Waals surface area (Å²) in [4.78, 5) is 29.5. The van der Waals surface area contributed by atoms with Crippen LogP contribution in [0.3, 0.4) is 0 Å². The first-order valence-electron chi connectivity index (χ1n) is 13.0. The number of hydrogen-bond acceptors (Lipinski definition) is 9. The normalized spacial score (nSPS) is 15.0. The highest BCUT2D eigenvalue weighted by atomic mass is 32.2. The largest absolute Gasteiger partial charge is 0.417 e. The summed E-state index contributed by atoms with van der Waals surface area (Å²) >= 11 is 0. The summed E-state index contributed by atoms with van der Waals surface area (Å²) < 4.78 is 65.6. The van der Waals surface area contributed by atoms with E-state index >= 15 is 0 Å². The van der Waals surface area contributed by atoms with Gasteiger partial charge in [-0.05, 0) is 49.1 Å². The van der Waals surface area contributed by atoms with Crippen LogP contribution in [0.1, 0.15) is 35.5 Å². The van der Waals surface area contributed by atoms with Crippen LogP contribution >= 0.6 is 0 Å². The van der Waals surface area contributed by atoms with Crippen LogP contribution in [0.15, 0.2) is 55.1 Å². The van der Waals surface area contributed by atoms with Crippen LogP contribution in [-0.2, 0) is 27.4 Å². The van der Waals surface area contributed by atoms with Gasteiger partial charge < -0.3 is 4.90 Å². The van der Waals surface area contributed by atoms with Crippen LogP contribution in [0, 0.1) is 11.8 Å². The van der Waals surface area contributed by atoms with Crippen LogP contribution < -0.4 is 4.90 Å². The molecule has 1 aliphatic rings. The number of amides is 1. The standard InChI is InChI=1S/C27H28F3N7O4S/c28-27(29,30)22-7-9-23(33-18-22)8-5-21-6-10-26(34-17-21)35-13-15-36(16-14-35)42(40,41)19-24(37(39)20-38)3-1-4-25-31-11-2-12-32-25/h2,6-7,9-12,17-18,20,24,39H,1,3-4,13-16,19H2. The second kappa shape index (κ2) is 13.7. The van der Waals surface area contributed by atoms with Gasteiger partial charge in [-0.1, -0.05) is 5.92 Å². The number of hydroxylamine groups is 2. The maximum absolute atomic E-state index is 13.1. The lowest BCUT2D eigenvalue weighted by molar-refractivity contribution is -0.158. The molecule has 0 saturated carbocycles.